The largest absolute Gasteiger partial charge is 0.395 e. The molecule has 0 amide bonds. The molecule has 3 heteroatoms. The van der Waals surface area contributed by atoms with Gasteiger partial charge in [0.2, 0.25) is 0 Å². The number of ether oxygens (including phenoxy) is 1. The van der Waals surface area contributed by atoms with E-state index in [0.29, 0.717) is 6.42 Å². The van der Waals surface area contributed by atoms with Gasteiger partial charge >= 0.3 is 12.4 Å². The van der Waals surface area contributed by atoms with Crippen molar-refractivity contribution in [1.82, 2.24) is 0 Å². The van der Waals surface area contributed by atoms with Crippen LogP contribution in [0.1, 0.15) is 31.2 Å². The number of benzene rings is 2. The fourth-order valence-corrected chi connectivity index (χ4v) is 2.28. The molecule has 0 radical (unpaired) electrons. The lowest BCUT2D eigenvalue weighted by Crippen LogP contribution is -2.05. The monoisotopic (exact) mass is 256 g/mol. The lowest BCUT2D eigenvalue weighted by molar-refractivity contribution is -0.151. The van der Waals surface area contributed by atoms with E-state index in [4.69, 9.17) is 0 Å². The zero-order valence-corrected chi connectivity index (χ0v) is 10.8. The summed E-state index contributed by atoms with van der Waals surface area (Å²) in [6.45, 7) is 2.26. The summed E-state index contributed by atoms with van der Waals surface area (Å²) in [5.41, 5.74) is 1.22. The van der Waals surface area contributed by atoms with Crippen LogP contribution in [0.3, 0.4) is 0 Å². The quantitative estimate of drug-likeness (QED) is 0.467. The van der Waals surface area contributed by atoms with Crippen LogP contribution in [0.5, 0.6) is 0 Å². The Kier molecular flexibility index (Phi) is 4.29. The highest BCUT2D eigenvalue weighted by atomic mass is 16.6. The Morgan fingerprint density at radius 1 is 1.21 bits per heavy atom. The van der Waals surface area contributed by atoms with Crippen LogP contribution in [0.25, 0.3) is 10.8 Å². The average molecular weight is 256 g/mol. The number of carbonyl (C=O) groups excluding carboxylic acids is 2. The van der Waals surface area contributed by atoms with E-state index in [-0.39, 0.29) is 18.8 Å². The predicted molar refractivity (Wildman–Crippen MR) is 73.8 cm³/mol. The zero-order chi connectivity index (χ0) is 13.7. The molecular weight excluding hydrogens is 240 g/mol. The number of hydrogen-bond donors (Lipinski definition) is 0. The molecule has 0 N–H and O–H groups in total. The van der Waals surface area contributed by atoms with Crippen molar-refractivity contribution in [3.05, 3.63) is 48.0 Å². The average Bonchev–Trinajstić information content (AvgIpc) is 2.44. The Morgan fingerprint density at radius 3 is 2.74 bits per heavy atom. The summed E-state index contributed by atoms with van der Waals surface area (Å²) in [6, 6.07) is 14.4. The van der Waals surface area contributed by atoms with Crippen LogP contribution in [0.15, 0.2) is 42.5 Å². The van der Waals surface area contributed by atoms with E-state index in [1.165, 1.54) is 16.3 Å². The molecule has 98 valence electrons. The van der Waals surface area contributed by atoms with E-state index in [1.54, 1.807) is 0 Å². The highest BCUT2D eigenvalue weighted by Gasteiger charge is 2.12. The van der Waals surface area contributed by atoms with Crippen LogP contribution in [-0.4, -0.2) is 12.4 Å². The first-order valence-corrected chi connectivity index (χ1v) is 6.33. The summed E-state index contributed by atoms with van der Waals surface area (Å²) in [7, 11) is 0. The van der Waals surface area contributed by atoms with Gasteiger partial charge in [-0.3, -0.25) is 9.59 Å². The van der Waals surface area contributed by atoms with Gasteiger partial charge in [-0.05, 0) is 28.7 Å². The van der Waals surface area contributed by atoms with Crippen molar-refractivity contribution in [2.45, 2.75) is 25.7 Å². The third kappa shape index (κ3) is 3.19. The maximum Gasteiger partial charge on any atom is 0.313 e. The Balaban J connectivity index is 2.15. The van der Waals surface area contributed by atoms with E-state index in [1.807, 2.05) is 18.2 Å². The van der Waals surface area contributed by atoms with Crippen LogP contribution in [0, 0.1) is 0 Å². The molecule has 0 aliphatic heterocycles. The fraction of sp³-hybridized carbons (Fsp3) is 0.250. The maximum atomic E-state index is 11.2. The van der Waals surface area contributed by atoms with Crippen molar-refractivity contribution in [2.24, 2.45) is 0 Å². The van der Waals surface area contributed by atoms with Gasteiger partial charge < -0.3 is 4.74 Å². The van der Waals surface area contributed by atoms with Crippen LogP contribution in [0.4, 0.5) is 0 Å². The van der Waals surface area contributed by atoms with Gasteiger partial charge in [0.05, 0.1) is 0 Å². The Morgan fingerprint density at radius 2 is 1.95 bits per heavy atom. The van der Waals surface area contributed by atoms with Crippen LogP contribution in [0.2, 0.25) is 0 Å². The summed E-state index contributed by atoms with van der Waals surface area (Å²) in [6.07, 6.45) is 0.920. The van der Waals surface area contributed by atoms with E-state index in [2.05, 4.69) is 35.9 Å². The van der Waals surface area contributed by atoms with Crippen LogP contribution >= 0.6 is 0 Å². The summed E-state index contributed by atoms with van der Waals surface area (Å²) >= 11 is 0. The number of carbonyl (C=O) groups is 2. The first kappa shape index (κ1) is 13.3. The van der Waals surface area contributed by atoms with Gasteiger partial charge in [0, 0.05) is 6.42 Å². The molecule has 2 aromatic rings. The lowest BCUT2D eigenvalue weighted by Gasteiger charge is -2.13. The number of fused-ring (bicyclic) bond motifs is 1. The second-order valence-electron chi connectivity index (χ2n) is 4.59. The van der Waals surface area contributed by atoms with Crippen LogP contribution < -0.4 is 0 Å². The van der Waals surface area contributed by atoms with Crippen molar-refractivity contribution >= 4 is 23.2 Å². The number of hydrogen-bond acceptors (Lipinski definition) is 3. The molecule has 0 bridgehead atoms. The molecule has 0 heterocycles. The number of rotatable bonds is 5. The minimum absolute atomic E-state index is 0.185. The second kappa shape index (κ2) is 6.14. The van der Waals surface area contributed by atoms with Gasteiger partial charge in [-0.25, -0.2) is 0 Å². The van der Waals surface area contributed by atoms with Gasteiger partial charge in [0.1, 0.15) is 0 Å². The third-order valence-corrected chi connectivity index (χ3v) is 3.32. The Bertz CT molecular complexity index is 584. The van der Waals surface area contributed by atoms with Gasteiger partial charge in [0.15, 0.2) is 0 Å². The molecular formula is C16H16O3. The maximum absolute atomic E-state index is 11.2. The van der Waals surface area contributed by atoms with Crippen molar-refractivity contribution in [2.75, 3.05) is 0 Å². The first-order chi connectivity index (χ1) is 9.22. The van der Waals surface area contributed by atoms with Gasteiger partial charge in [-0.2, -0.15) is 0 Å². The normalized spacial score (nSPS) is 12.1. The summed E-state index contributed by atoms with van der Waals surface area (Å²) in [5, 5.41) is 2.41. The smallest absolute Gasteiger partial charge is 0.313 e. The fourth-order valence-electron chi connectivity index (χ4n) is 2.28. The molecule has 0 aliphatic carbocycles. The molecule has 0 saturated carbocycles. The third-order valence-electron chi connectivity index (χ3n) is 3.32. The minimum Gasteiger partial charge on any atom is -0.395 e. The van der Waals surface area contributed by atoms with Gasteiger partial charge in [-0.15, -0.1) is 0 Å². The molecule has 0 spiro atoms. The Labute approximate surface area is 112 Å². The van der Waals surface area contributed by atoms with Crippen molar-refractivity contribution < 1.29 is 14.3 Å². The Hall–Kier alpha value is -2.16. The zero-order valence-electron chi connectivity index (χ0n) is 10.8. The molecule has 2 aromatic carbocycles. The lowest BCUT2D eigenvalue weighted by atomic mass is 9.91. The minimum atomic E-state index is -0.470. The van der Waals surface area contributed by atoms with Crippen LogP contribution in [-0.2, 0) is 14.3 Å². The SMILES string of the molecule is CC(CCC(=O)OC=O)c1cccc2ccccc12. The predicted octanol–water partition coefficient (Wildman–Crippen LogP) is 3.42. The van der Waals surface area contributed by atoms with E-state index in [0.717, 1.165) is 0 Å². The molecule has 0 aliphatic rings. The van der Waals surface area contributed by atoms with Crippen molar-refractivity contribution in [1.29, 1.82) is 0 Å². The number of esters is 1. The molecule has 1 unspecified atom stereocenters. The van der Waals surface area contributed by atoms with E-state index < -0.39 is 5.97 Å². The topological polar surface area (TPSA) is 43.4 Å². The summed E-state index contributed by atoms with van der Waals surface area (Å²) < 4.78 is 4.30. The molecule has 0 fully saturated rings. The van der Waals surface area contributed by atoms with Crippen molar-refractivity contribution in [3.8, 4) is 0 Å². The highest BCUT2D eigenvalue weighted by molar-refractivity contribution is 5.86. The van der Waals surface area contributed by atoms with E-state index >= 15 is 0 Å². The molecule has 3 nitrogen and oxygen atoms in total. The highest BCUT2D eigenvalue weighted by Crippen LogP contribution is 2.28. The summed E-state index contributed by atoms with van der Waals surface area (Å²) in [5.74, 6) is -0.229. The van der Waals surface area contributed by atoms with Gasteiger partial charge in [0.25, 0.3) is 0 Å². The molecule has 0 saturated heterocycles. The first-order valence-electron chi connectivity index (χ1n) is 6.33. The molecule has 1 atom stereocenters. The second-order valence-corrected chi connectivity index (χ2v) is 4.59. The summed E-state index contributed by atoms with van der Waals surface area (Å²) in [4.78, 5) is 21.3. The molecule has 2 rings (SSSR count). The molecule has 19 heavy (non-hydrogen) atoms. The molecule has 0 aromatic heterocycles. The standard InChI is InChI=1S/C16H16O3/c1-12(9-10-16(18)19-11-17)14-8-4-6-13-5-2-3-7-15(13)14/h2-8,11-12H,9-10H2,1H3. The van der Waals surface area contributed by atoms with E-state index in [9.17, 15) is 9.59 Å². The van der Waals surface area contributed by atoms with Gasteiger partial charge in [-0.1, -0.05) is 49.4 Å². The van der Waals surface area contributed by atoms with Crippen molar-refractivity contribution in [3.63, 3.8) is 0 Å².